The summed E-state index contributed by atoms with van der Waals surface area (Å²) in [5.74, 6) is 2.00. The molecule has 0 radical (unpaired) electrons. The standard InChI is InChI=1S/C21H31N3O2/c1-26-20-9-5-3-7-17(20)15-23-10-12-24(13-11-23)21(25)19-14-16-6-2-4-8-18(16)22-19/h3,5,7,9,16,18-19,22H,2,4,6,8,10-15H2,1H3. The average molecular weight is 357 g/mol. The lowest BCUT2D eigenvalue weighted by molar-refractivity contribution is -0.135. The first kappa shape index (κ1) is 17.8. The monoisotopic (exact) mass is 357 g/mol. The van der Waals surface area contributed by atoms with Crippen LogP contribution in [0.3, 0.4) is 0 Å². The number of amides is 1. The normalized spacial score (nSPS) is 29.4. The fourth-order valence-corrected chi connectivity index (χ4v) is 4.93. The van der Waals surface area contributed by atoms with E-state index in [4.69, 9.17) is 4.74 Å². The number of fused-ring (bicyclic) bond motifs is 1. The largest absolute Gasteiger partial charge is 0.496 e. The van der Waals surface area contributed by atoms with Crippen LogP contribution in [0.2, 0.25) is 0 Å². The Morgan fingerprint density at radius 1 is 1.15 bits per heavy atom. The van der Waals surface area contributed by atoms with Crippen LogP contribution >= 0.6 is 0 Å². The van der Waals surface area contributed by atoms with Crippen molar-refractivity contribution in [3.8, 4) is 5.75 Å². The summed E-state index contributed by atoms with van der Waals surface area (Å²) in [7, 11) is 1.72. The highest BCUT2D eigenvalue weighted by molar-refractivity contribution is 5.82. The van der Waals surface area contributed by atoms with Gasteiger partial charge in [0.25, 0.3) is 0 Å². The molecule has 3 atom stereocenters. The van der Waals surface area contributed by atoms with Crippen LogP contribution in [0.4, 0.5) is 0 Å². The highest BCUT2D eigenvalue weighted by atomic mass is 16.5. The van der Waals surface area contributed by atoms with E-state index in [0.29, 0.717) is 11.9 Å². The maximum Gasteiger partial charge on any atom is 0.239 e. The Bertz CT molecular complexity index is 613. The molecule has 0 aromatic heterocycles. The number of rotatable bonds is 4. The Morgan fingerprint density at radius 2 is 1.92 bits per heavy atom. The van der Waals surface area contributed by atoms with Crippen LogP contribution in [0.15, 0.2) is 24.3 Å². The predicted molar refractivity (Wildman–Crippen MR) is 102 cm³/mol. The summed E-state index contributed by atoms with van der Waals surface area (Å²) in [6, 6.07) is 8.85. The van der Waals surface area contributed by atoms with E-state index in [1.165, 1.54) is 31.2 Å². The number of hydrogen-bond acceptors (Lipinski definition) is 4. The number of methoxy groups -OCH3 is 1. The molecular formula is C21H31N3O2. The number of hydrogen-bond donors (Lipinski definition) is 1. The van der Waals surface area contributed by atoms with Crippen LogP contribution in [0.25, 0.3) is 0 Å². The van der Waals surface area contributed by atoms with E-state index >= 15 is 0 Å². The first-order chi connectivity index (χ1) is 12.7. The van der Waals surface area contributed by atoms with E-state index in [2.05, 4.69) is 27.2 Å². The fraction of sp³-hybridized carbons (Fsp3) is 0.667. The lowest BCUT2D eigenvalue weighted by Crippen LogP contribution is -2.53. The van der Waals surface area contributed by atoms with Gasteiger partial charge in [0.1, 0.15) is 5.75 Å². The number of ether oxygens (including phenoxy) is 1. The van der Waals surface area contributed by atoms with Crippen LogP contribution in [0, 0.1) is 5.92 Å². The molecule has 1 aliphatic carbocycles. The second-order valence-corrected chi connectivity index (χ2v) is 8.02. The molecule has 3 aliphatic rings. The first-order valence-corrected chi connectivity index (χ1v) is 10.1. The van der Waals surface area contributed by atoms with Gasteiger partial charge in [0, 0.05) is 44.3 Å². The lowest BCUT2D eigenvalue weighted by Gasteiger charge is -2.36. The van der Waals surface area contributed by atoms with Crippen LogP contribution in [-0.2, 0) is 11.3 Å². The molecule has 5 nitrogen and oxygen atoms in total. The van der Waals surface area contributed by atoms with Crippen LogP contribution in [0.1, 0.15) is 37.7 Å². The molecule has 2 heterocycles. The minimum atomic E-state index is 0.0591. The molecule has 1 aromatic carbocycles. The third kappa shape index (κ3) is 3.74. The molecule has 4 rings (SSSR count). The summed E-state index contributed by atoms with van der Waals surface area (Å²) >= 11 is 0. The molecule has 0 spiro atoms. The van der Waals surface area contributed by atoms with Gasteiger partial charge in [0.15, 0.2) is 0 Å². The van der Waals surface area contributed by atoms with Gasteiger partial charge in [-0.05, 0) is 31.2 Å². The maximum atomic E-state index is 12.9. The van der Waals surface area contributed by atoms with Crippen LogP contribution in [0.5, 0.6) is 5.75 Å². The summed E-state index contributed by atoms with van der Waals surface area (Å²) in [6.07, 6.45) is 6.25. The zero-order valence-corrected chi connectivity index (χ0v) is 15.8. The van der Waals surface area contributed by atoms with Crippen molar-refractivity contribution in [3.05, 3.63) is 29.8 Å². The van der Waals surface area contributed by atoms with Crippen molar-refractivity contribution in [2.24, 2.45) is 5.92 Å². The van der Waals surface area contributed by atoms with Gasteiger partial charge >= 0.3 is 0 Å². The zero-order chi connectivity index (χ0) is 17.9. The maximum absolute atomic E-state index is 12.9. The number of nitrogens with zero attached hydrogens (tertiary/aromatic N) is 2. The second-order valence-electron chi connectivity index (χ2n) is 8.02. The highest BCUT2D eigenvalue weighted by Gasteiger charge is 2.40. The number of carbonyl (C=O) groups is 1. The fourth-order valence-electron chi connectivity index (χ4n) is 4.93. The number of piperazine rings is 1. The minimum absolute atomic E-state index is 0.0591. The third-order valence-corrected chi connectivity index (χ3v) is 6.43. The molecule has 1 aromatic rings. The molecule has 2 saturated heterocycles. The van der Waals surface area contributed by atoms with Gasteiger partial charge < -0.3 is 15.0 Å². The van der Waals surface area contributed by atoms with Gasteiger partial charge in [-0.1, -0.05) is 31.0 Å². The molecule has 5 heteroatoms. The quantitative estimate of drug-likeness (QED) is 0.898. The lowest BCUT2D eigenvalue weighted by atomic mass is 9.85. The van der Waals surface area contributed by atoms with Crippen molar-refractivity contribution >= 4 is 5.91 Å². The van der Waals surface area contributed by atoms with E-state index in [1.54, 1.807) is 7.11 Å². The summed E-state index contributed by atoms with van der Waals surface area (Å²) in [5, 5.41) is 3.63. The number of carbonyl (C=O) groups excluding carboxylic acids is 1. The Kier molecular flexibility index (Phi) is 5.46. The van der Waals surface area contributed by atoms with Gasteiger partial charge in [-0.25, -0.2) is 0 Å². The molecule has 26 heavy (non-hydrogen) atoms. The van der Waals surface area contributed by atoms with E-state index < -0.39 is 0 Å². The van der Waals surface area contributed by atoms with Crippen LogP contribution < -0.4 is 10.1 Å². The van der Waals surface area contributed by atoms with Gasteiger partial charge in [-0.2, -0.15) is 0 Å². The minimum Gasteiger partial charge on any atom is -0.496 e. The average Bonchev–Trinajstić information content (AvgIpc) is 3.13. The molecule has 142 valence electrons. The number of benzene rings is 1. The first-order valence-electron chi connectivity index (χ1n) is 10.1. The molecule has 1 N–H and O–H groups in total. The number of nitrogens with one attached hydrogen (secondary N) is 1. The van der Waals surface area contributed by atoms with Crippen molar-refractivity contribution in [2.75, 3.05) is 33.3 Å². The van der Waals surface area contributed by atoms with E-state index in [1.807, 2.05) is 12.1 Å². The highest BCUT2D eigenvalue weighted by Crippen LogP contribution is 2.33. The molecule has 1 amide bonds. The number of para-hydroxylation sites is 1. The summed E-state index contributed by atoms with van der Waals surface area (Å²) in [5.41, 5.74) is 1.22. The van der Waals surface area contributed by atoms with Gasteiger partial charge in [0.2, 0.25) is 5.91 Å². The molecule has 1 saturated carbocycles. The van der Waals surface area contributed by atoms with E-state index in [0.717, 1.165) is 50.8 Å². The Hall–Kier alpha value is -1.59. The van der Waals surface area contributed by atoms with Crippen molar-refractivity contribution in [2.45, 2.75) is 50.7 Å². The smallest absolute Gasteiger partial charge is 0.239 e. The topological polar surface area (TPSA) is 44.8 Å². The summed E-state index contributed by atoms with van der Waals surface area (Å²) in [6.45, 7) is 4.42. The van der Waals surface area contributed by atoms with Crippen molar-refractivity contribution in [3.63, 3.8) is 0 Å². The van der Waals surface area contributed by atoms with Crippen LogP contribution in [-0.4, -0.2) is 61.1 Å². The Morgan fingerprint density at radius 3 is 2.69 bits per heavy atom. The SMILES string of the molecule is COc1ccccc1CN1CCN(C(=O)C2CC3CCCCC3N2)CC1. The van der Waals surface area contributed by atoms with Gasteiger partial charge in [-0.3, -0.25) is 9.69 Å². The molecule has 0 bridgehead atoms. The van der Waals surface area contributed by atoms with E-state index in [-0.39, 0.29) is 6.04 Å². The second kappa shape index (κ2) is 7.97. The molecule has 3 fully saturated rings. The van der Waals surface area contributed by atoms with Gasteiger partial charge in [0.05, 0.1) is 13.2 Å². The Balaban J connectivity index is 1.29. The van der Waals surface area contributed by atoms with Crippen molar-refractivity contribution in [1.29, 1.82) is 0 Å². The Labute approximate surface area is 156 Å². The molecule has 2 aliphatic heterocycles. The summed E-state index contributed by atoms with van der Waals surface area (Å²) in [4.78, 5) is 17.4. The van der Waals surface area contributed by atoms with E-state index in [9.17, 15) is 4.79 Å². The molecular weight excluding hydrogens is 326 g/mol. The zero-order valence-electron chi connectivity index (χ0n) is 15.8. The predicted octanol–water partition coefficient (Wildman–Crippen LogP) is 2.26. The van der Waals surface area contributed by atoms with Crippen molar-refractivity contribution < 1.29 is 9.53 Å². The van der Waals surface area contributed by atoms with Gasteiger partial charge in [-0.15, -0.1) is 0 Å². The van der Waals surface area contributed by atoms with Crippen molar-refractivity contribution in [1.82, 2.24) is 15.1 Å². The third-order valence-electron chi connectivity index (χ3n) is 6.43. The summed E-state index contributed by atoms with van der Waals surface area (Å²) < 4.78 is 5.46. The molecule has 3 unspecified atom stereocenters.